The standard InChI is InChI=1S/C15H28N2O/c1-11(2)10-17(12-6-3-4-7-12)15(18)13-8-5-9-14(13)16/h11-14H,3-10,16H2,1-2H3. The summed E-state index contributed by atoms with van der Waals surface area (Å²) in [4.78, 5) is 14.9. The average molecular weight is 252 g/mol. The first-order valence-electron chi connectivity index (χ1n) is 7.65. The molecule has 2 aliphatic rings. The highest BCUT2D eigenvalue weighted by Crippen LogP contribution is 2.30. The summed E-state index contributed by atoms with van der Waals surface area (Å²) in [6.07, 6.45) is 8.10. The van der Waals surface area contributed by atoms with Gasteiger partial charge in [0.1, 0.15) is 0 Å². The zero-order valence-corrected chi connectivity index (χ0v) is 11.9. The van der Waals surface area contributed by atoms with Crippen molar-refractivity contribution in [3.8, 4) is 0 Å². The van der Waals surface area contributed by atoms with Gasteiger partial charge < -0.3 is 10.6 Å². The summed E-state index contributed by atoms with van der Waals surface area (Å²) in [5.74, 6) is 0.997. The van der Waals surface area contributed by atoms with Crippen LogP contribution in [-0.2, 0) is 4.79 Å². The largest absolute Gasteiger partial charge is 0.339 e. The molecule has 0 aromatic heterocycles. The lowest BCUT2D eigenvalue weighted by molar-refractivity contribution is -0.138. The van der Waals surface area contributed by atoms with Crippen LogP contribution in [0.3, 0.4) is 0 Å². The number of rotatable bonds is 4. The second-order valence-electron chi connectivity index (χ2n) is 6.52. The van der Waals surface area contributed by atoms with E-state index >= 15 is 0 Å². The van der Waals surface area contributed by atoms with E-state index in [0.29, 0.717) is 17.9 Å². The lowest BCUT2D eigenvalue weighted by atomic mass is 10.00. The molecule has 3 nitrogen and oxygen atoms in total. The van der Waals surface area contributed by atoms with E-state index in [2.05, 4.69) is 18.7 Å². The van der Waals surface area contributed by atoms with Crippen molar-refractivity contribution >= 4 is 5.91 Å². The van der Waals surface area contributed by atoms with Crippen LogP contribution < -0.4 is 5.73 Å². The first-order chi connectivity index (χ1) is 8.59. The number of hydrogen-bond acceptors (Lipinski definition) is 2. The van der Waals surface area contributed by atoms with Gasteiger partial charge in [-0.3, -0.25) is 4.79 Å². The molecule has 0 aromatic rings. The van der Waals surface area contributed by atoms with Crippen LogP contribution in [0.1, 0.15) is 58.8 Å². The van der Waals surface area contributed by atoms with E-state index in [1.54, 1.807) is 0 Å². The van der Waals surface area contributed by atoms with E-state index < -0.39 is 0 Å². The molecular formula is C15H28N2O. The number of nitrogens with two attached hydrogens (primary N) is 1. The molecule has 0 radical (unpaired) electrons. The van der Waals surface area contributed by atoms with Gasteiger partial charge in [0.25, 0.3) is 0 Å². The van der Waals surface area contributed by atoms with E-state index in [9.17, 15) is 4.79 Å². The Morgan fingerprint density at radius 2 is 1.83 bits per heavy atom. The van der Waals surface area contributed by atoms with Gasteiger partial charge in [0.2, 0.25) is 5.91 Å². The minimum atomic E-state index is 0.101. The van der Waals surface area contributed by atoms with Crippen LogP contribution in [0.5, 0.6) is 0 Å². The second kappa shape index (κ2) is 6.05. The van der Waals surface area contributed by atoms with Crippen molar-refractivity contribution in [1.82, 2.24) is 4.90 Å². The molecule has 0 heterocycles. The third-order valence-corrected chi connectivity index (χ3v) is 4.50. The molecule has 0 saturated heterocycles. The van der Waals surface area contributed by atoms with Gasteiger partial charge >= 0.3 is 0 Å². The Labute approximate surface area is 111 Å². The SMILES string of the molecule is CC(C)CN(C(=O)C1CCCC1N)C1CCCC1. The molecule has 2 atom stereocenters. The van der Waals surface area contributed by atoms with Crippen LogP contribution in [0.2, 0.25) is 0 Å². The lowest BCUT2D eigenvalue weighted by Crippen LogP contribution is -2.47. The van der Waals surface area contributed by atoms with E-state index in [4.69, 9.17) is 5.73 Å². The maximum atomic E-state index is 12.7. The highest BCUT2D eigenvalue weighted by molar-refractivity contribution is 5.80. The highest BCUT2D eigenvalue weighted by Gasteiger charge is 2.36. The van der Waals surface area contributed by atoms with Crippen LogP contribution in [-0.4, -0.2) is 29.4 Å². The van der Waals surface area contributed by atoms with Gasteiger partial charge in [0.15, 0.2) is 0 Å². The molecule has 0 bridgehead atoms. The molecule has 18 heavy (non-hydrogen) atoms. The van der Waals surface area contributed by atoms with Gasteiger partial charge in [-0.15, -0.1) is 0 Å². The Morgan fingerprint density at radius 3 is 2.33 bits per heavy atom. The van der Waals surface area contributed by atoms with Crippen molar-refractivity contribution in [2.24, 2.45) is 17.6 Å². The fraction of sp³-hybridized carbons (Fsp3) is 0.933. The van der Waals surface area contributed by atoms with Gasteiger partial charge in [-0.2, -0.15) is 0 Å². The summed E-state index contributed by atoms with van der Waals surface area (Å²) in [5, 5.41) is 0. The maximum absolute atomic E-state index is 12.7. The van der Waals surface area contributed by atoms with E-state index in [0.717, 1.165) is 25.8 Å². The Hall–Kier alpha value is -0.570. The van der Waals surface area contributed by atoms with E-state index in [1.807, 2.05) is 0 Å². The molecule has 2 unspecified atom stereocenters. The Kier molecular flexibility index (Phi) is 4.66. The second-order valence-corrected chi connectivity index (χ2v) is 6.52. The molecule has 1 amide bonds. The fourth-order valence-electron chi connectivity index (χ4n) is 3.54. The Balaban J connectivity index is 2.04. The van der Waals surface area contributed by atoms with Crippen LogP contribution in [0.25, 0.3) is 0 Å². The normalized spacial score (nSPS) is 29.1. The van der Waals surface area contributed by atoms with Crippen molar-refractivity contribution in [3.63, 3.8) is 0 Å². The molecule has 104 valence electrons. The summed E-state index contributed by atoms with van der Waals surface area (Å²) in [6.45, 7) is 5.31. The lowest BCUT2D eigenvalue weighted by Gasteiger charge is -2.33. The molecule has 2 rings (SSSR count). The van der Waals surface area contributed by atoms with Gasteiger partial charge in [0.05, 0.1) is 5.92 Å². The molecular weight excluding hydrogens is 224 g/mol. The summed E-state index contributed by atoms with van der Waals surface area (Å²) in [5.41, 5.74) is 6.10. The average Bonchev–Trinajstić information content (AvgIpc) is 2.95. The summed E-state index contributed by atoms with van der Waals surface area (Å²) >= 11 is 0. The predicted molar refractivity (Wildman–Crippen MR) is 74.1 cm³/mol. The molecule has 0 aromatic carbocycles. The van der Waals surface area contributed by atoms with Crippen LogP contribution >= 0.6 is 0 Å². The van der Waals surface area contributed by atoms with Crippen molar-refractivity contribution in [2.45, 2.75) is 70.9 Å². The smallest absolute Gasteiger partial charge is 0.227 e. The number of amides is 1. The molecule has 2 saturated carbocycles. The molecule has 2 fully saturated rings. The summed E-state index contributed by atoms with van der Waals surface area (Å²) < 4.78 is 0. The minimum Gasteiger partial charge on any atom is -0.339 e. The van der Waals surface area contributed by atoms with E-state index in [1.165, 1.54) is 25.7 Å². The van der Waals surface area contributed by atoms with Crippen molar-refractivity contribution in [3.05, 3.63) is 0 Å². The molecule has 0 spiro atoms. The molecule has 0 aliphatic heterocycles. The zero-order valence-electron chi connectivity index (χ0n) is 11.9. The van der Waals surface area contributed by atoms with Crippen molar-refractivity contribution in [1.29, 1.82) is 0 Å². The fourth-order valence-corrected chi connectivity index (χ4v) is 3.54. The first kappa shape index (κ1) is 13.9. The first-order valence-corrected chi connectivity index (χ1v) is 7.65. The quantitative estimate of drug-likeness (QED) is 0.835. The number of hydrogen-bond donors (Lipinski definition) is 1. The van der Waals surface area contributed by atoms with E-state index in [-0.39, 0.29) is 12.0 Å². The zero-order chi connectivity index (χ0) is 13.1. The maximum Gasteiger partial charge on any atom is 0.227 e. The van der Waals surface area contributed by atoms with Crippen LogP contribution in [0.15, 0.2) is 0 Å². The number of carbonyl (C=O) groups excluding carboxylic acids is 1. The van der Waals surface area contributed by atoms with Crippen LogP contribution in [0, 0.1) is 11.8 Å². The molecule has 2 aliphatic carbocycles. The third kappa shape index (κ3) is 3.05. The van der Waals surface area contributed by atoms with Gasteiger partial charge in [-0.25, -0.2) is 0 Å². The monoisotopic (exact) mass is 252 g/mol. The third-order valence-electron chi connectivity index (χ3n) is 4.50. The predicted octanol–water partition coefficient (Wildman–Crippen LogP) is 2.54. The molecule has 2 N–H and O–H groups in total. The van der Waals surface area contributed by atoms with Gasteiger partial charge in [-0.05, 0) is 31.6 Å². The number of carbonyl (C=O) groups is 1. The van der Waals surface area contributed by atoms with Crippen molar-refractivity contribution < 1.29 is 4.79 Å². The van der Waals surface area contributed by atoms with Gasteiger partial charge in [-0.1, -0.05) is 33.1 Å². The topological polar surface area (TPSA) is 46.3 Å². The molecule has 3 heteroatoms. The highest BCUT2D eigenvalue weighted by atomic mass is 16.2. The summed E-state index contributed by atoms with van der Waals surface area (Å²) in [6, 6.07) is 0.598. The Bertz CT molecular complexity index is 284. The minimum absolute atomic E-state index is 0.101. The van der Waals surface area contributed by atoms with Crippen LogP contribution in [0.4, 0.5) is 0 Å². The summed E-state index contributed by atoms with van der Waals surface area (Å²) in [7, 11) is 0. The Morgan fingerprint density at radius 1 is 1.17 bits per heavy atom. The van der Waals surface area contributed by atoms with Crippen molar-refractivity contribution in [2.75, 3.05) is 6.54 Å². The number of nitrogens with zero attached hydrogens (tertiary/aromatic N) is 1. The van der Waals surface area contributed by atoms with Gasteiger partial charge in [0, 0.05) is 18.6 Å².